The van der Waals surface area contributed by atoms with Crippen LogP contribution in [0.4, 0.5) is 0 Å². The molecule has 4 heteroatoms. The van der Waals surface area contributed by atoms with E-state index in [1.165, 1.54) is 9.79 Å². The first-order chi connectivity index (χ1) is 11.2. The van der Waals surface area contributed by atoms with Gasteiger partial charge in [-0.2, -0.15) is 0 Å². The minimum Gasteiger partial charge on any atom is -0.391 e. The lowest BCUT2D eigenvalue weighted by Crippen LogP contribution is -2.21. The summed E-state index contributed by atoms with van der Waals surface area (Å²) < 4.78 is 1.90. The lowest BCUT2D eigenvalue weighted by molar-refractivity contribution is 0.129. The van der Waals surface area contributed by atoms with E-state index in [1.807, 2.05) is 29.0 Å². The molecule has 0 saturated carbocycles. The van der Waals surface area contributed by atoms with Crippen molar-refractivity contribution in [1.29, 1.82) is 0 Å². The van der Waals surface area contributed by atoms with Crippen LogP contribution in [0.3, 0.4) is 0 Å². The number of aliphatic hydroxyl groups excluding tert-OH is 1. The molecule has 3 nitrogen and oxygen atoms in total. The molecule has 2 aromatic carbocycles. The lowest BCUT2D eigenvalue weighted by atomic mass is 9.95. The Morgan fingerprint density at radius 3 is 2.39 bits per heavy atom. The van der Waals surface area contributed by atoms with Crippen LogP contribution in [0, 0.1) is 0 Å². The number of benzene rings is 2. The van der Waals surface area contributed by atoms with Crippen LogP contribution in [-0.2, 0) is 6.54 Å². The number of hydrogen-bond donors (Lipinski definition) is 1. The largest absolute Gasteiger partial charge is 0.391 e. The maximum Gasteiger partial charge on any atom is 0.0946 e. The molecule has 2 atom stereocenters. The summed E-state index contributed by atoms with van der Waals surface area (Å²) >= 11 is 1.75. The van der Waals surface area contributed by atoms with Crippen LogP contribution < -0.4 is 0 Å². The molecule has 0 aliphatic rings. The molecule has 0 fully saturated rings. The van der Waals surface area contributed by atoms with E-state index in [2.05, 4.69) is 48.3 Å². The molecule has 0 saturated heterocycles. The van der Waals surface area contributed by atoms with Gasteiger partial charge in [-0.05, 0) is 29.8 Å². The van der Waals surface area contributed by atoms with Gasteiger partial charge in [-0.3, -0.25) is 0 Å². The molecular weight excluding hydrogens is 304 g/mol. The maximum atomic E-state index is 10.4. The highest BCUT2D eigenvalue weighted by Gasteiger charge is 2.16. The second-order valence-corrected chi connectivity index (χ2v) is 6.75. The molecule has 0 radical (unpaired) electrons. The Labute approximate surface area is 141 Å². The Bertz CT molecular complexity index is 711. The number of aromatic nitrogens is 2. The van der Waals surface area contributed by atoms with Crippen molar-refractivity contribution < 1.29 is 5.11 Å². The topological polar surface area (TPSA) is 38.0 Å². The third-order valence-electron chi connectivity index (χ3n) is 3.92. The lowest BCUT2D eigenvalue weighted by Gasteiger charge is -2.20. The summed E-state index contributed by atoms with van der Waals surface area (Å²) in [5, 5.41) is 10.4. The van der Waals surface area contributed by atoms with Crippen LogP contribution in [0.2, 0.25) is 0 Å². The van der Waals surface area contributed by atoms with E-state index in [0.29, 0.717) is 6.54 Å². The highest BCUT2D eigenvalue weighted by atomic mass is 32.2. The monoisotopic (exact) mass is 324 g/mol. The minimum atomic E-state index is -0.433. The van der Waals surface area contributed by atoms with E-state index in [-0.39, 0.29) is 5.92 Å². The molecule has 118 valence electrons. The number of hydrogen-bond acceptors (Lipinski definition) is 3. The summed E-state index contributed by atoms with van der Waals surface area (Å²) in [7, 11) is 0. The van der Waals surface area contributed by atoms with Crippen LogP contribution in [0.25, 0.3) is 0 Å². The summed E-state index contributed by atoms with van der Waals surface area (Å²) in [6.07, 6.45) is 4.90. The molecule has 0 spiro atoms. The predicted molar refractivity (Wildman–Crippen MR) is 93.7 cm³/mol. The molecule has 0 aliphatic carbocycles. The zero-order valence-corrected chi connectivity index (χ0v) is 13.9. The van der Waals surface area contributed by atoms with Crippen molar-refractivity contribution in [2.24, 2.45) is 0 Å². The van der Waals surface area contributed by atoms with E-state index >= 15 is 0 Å². The predicted octanol–water partition coefficient (Wildman–Crippen LogP) is 4.20. The highest BCUT2D eigenvalue weighted by molar-refractivity contribution is 7.99. The van der Waals surface area contributed by atoms with Crippen molar-refractivity contribution in [2.75, 3.05) is 0 Å². The number of rotatable bonds is 6. The fraction of sp³-hybridized carbons (Fsp3) is 0.211. The van der Waals surface area contributed by atoms with Crippen molar-refractivity contribution in [1.82, 2.24) is 9.55 Å². The van der Waals surface area contributed by atoms with E-state index in [9.17, 15) is 5.11 Å². The third-order valence-corrected chi connectivity index (χ3v) is 4.93. The van der Waals surface area contributed by atoms with Gasteiger partial charge in [0.1, 0.15) is 0 Å². The van der Waals surface area contributed by atoms with Crippen molar-refractivity contribution in [2.45, 2.75) is 35.3 Å². The normalized spacial score (nSPS) is 13.7. The summed E-state index contributed by atoms with van der Waals surface area (Å²) in [4.78, 5) is 6.44. The first kappa shape index (κ1) is 15.8. The van der Waals surface area contributed by atoms with Gasteiger partial charge in [-0.1, -0.05) is 49.0 Å². The fourth-order valence-corrected chi connectivity index (χ4v) is 3.29. The second kappa shape index (κ2) is 7.49. The zero-order valence-electron chi connectivity index (χ0n) is 13.0. The number of imidazole rings is 1. The van der Waals surface area contributed by atoms with Gasteiger partial charge < -0.3 is 9.67 Å². The molecule has 3 rings (SSSR count). The molecule has 2 unspecified atom stereocenters. The van der Waals surface area contributed by atoms with Crippen LogP contribution in [0.15, 0.2) is 83.1 Å². The van der Waals surface area contributed by atoms with Crippen molar-refractivity contribution >= 4 is 11.8 Å². The molecule has 0 bridgehead atoms. The molecule has 3 aromatic rings. The van der Waals surface area contributed by atoms with E-state index in [0.717, 1.165) is 5.56 Å². The van der Waals surface area contributed by atoms with Crippen molar-refractivity contribution in [3.8, 4) is 0 Å². The Balaban J connectivity index is 1.64. The number of nitrogens with zero attached hydrogens (tertiary/aromatic N) is 2. The zero-order chi connectivity index (χ0) is 16.1. The fourth-order valence-electron chi connectivity index (χ4n) is 2.46. The Morgan fingerprint density at radius 1 is 1.04 bits per heavy atom. The summed E-state index contributed by atoms with van der Waals surface area (Å²) in [6, 6.07) is 18.8. The molecule has 23 heavy (non-hydrogen) atoms. The number of aliphatic hydroxyl groups is 1. The standard InChI is InChI=1S/C19H20N2OS/c1-15(19(22)13-21-12-11-20-14-21)16-7-9-18(10-8-16)23-17-5-3-2-4-6-17/h2-12,14-15,19,22H,13H2,1H3. The van der Waals surface area contributed by atoms with Crippen LogP contribution in [0.1, 0.15) is 18.4 Å². The quantitative estimate of drug-likeness (QED) is 0.738. The summed E-state index contributed by atoms with van der Waals surface area (Å²) in [5.74, 6) is 0.0770. The first-order valence-corrected chi connectivity index (χ1v) is 8.50. The van der Waals surface area contributed by atoms with Gasteiger partial charge in [0, 0.05) is 28.1 Å². The van der Waals surface area contributed by atoms with Crippen molar-refractivity contribution in [3.05, 3.63) is 78.9 Å². The van der Waals surface area contributed by atoms with E-state index in [1.54, 1.807) is 24.3 Å². The average molecular weight is 324 g/mol. The Kier molecular flexibility index (Phi) is 5.16. The summed E-state index contributed by atoms with van der Waals surface area (Å²) in [6.45, 7) is 2.61. The maximum absolute atomic E-state index is 10.4. The van der Waals surface area contributed by atoms with Crippen LogP contribution >= 0.6 is 11.8 Å². The minimum absolute atomic E-state index is 0.0770. The SMILES string of the molecule is CC(c1ccc(Sc2ccccc2)cc1)C(O)Cn1ccnc1. The molecule has 1 aromatic heterocycles. The third kappa shape index (κ3) is 4.24. The van der Waals surface area contributed by atoms with E-state index < -0.39 is 6.10 Å². The first-order valence-electron chi connectivity index (χ1n) is 7.69. The van der Waals surface area contributed by atoms with Gasteiger partial charge in [0.05, 0.1) is 19.0 Å². The molecular formula is C19H20N2OS. The molecule has 1 N–H and O–H groups in total. The molecule has 0 aliphatic heterocycles. The van der Waals surface area contributed by atoms with Gasteiger partial charge in [-0.25, -0.2) is 4.98 Å². The van der Waals surface area contributed by atoms with Gasteiger partial charge in [0.2, 0.25) is 0 Å². The van der Waals surface area contributed by atoms with Gasteiger partial charge >= 0.3 is 0 Å². The molecule has 1 heterocycles. The van der Waals surface area contributed by atoms with Gasteiger partial charge in [0.15, 0.2) is 0 Å². The summed E-state index contributed by atoms with van der Waals surface area (Å²) in [5.41, 5.74) is 1.15. The highest BCUT2D eigenvalue weighted by Crippen LogP contribution is 2.29. The van der Waals surface area contributed by atoms with Gasteiger partial charge in [0.25, 0.3) is 0 Å². The van der Waals surface area contributed by atoms with Crippen LogP contribution in [0.5, 0.6) is 0 Å². The Morgan fingerprint density at radius 2 is 1.74 bits per heavy atom. The second-order valence-electron chi connectivity index (χ2n) is 5.60. The average Bonchev–Trinajstić information content (AvgIpc) is 3.09. The smallest absolute Gasteiger partial charge is 0.0946 e. The van der Waals surface area contributed by atoms with Gasteiger partial charge in [-0.15, -0.1) is 0 Å². The van der Waals surface area contributed by atoms with Crippen molar-refractivity contribution in [3.63, 3.8) is 0 Å². The van der Waals surface area contributed by atoms with Crippen LogP contribution in [-0.4, -0.2) is 20.8 Å². The molecule has 0 amide bonds. The van der Waals surface area contributed by atoms with E-state index in [4.69, 9.17) is 0 Å². The Hall–Kier alpha value is -2.04.